The van der Waals surface area contributed by atoms with Gasteiger partial charge in [0.15, 0.2) is 0 Å². The molecule has 3 heteroatoms. The van der Waals surface area contributed by atoms with Gasteiger partial charge in [-0.15, -0.1) is 0 Å². The highest BCUT2D eigenvalue weighted by Gasteiger charge is 2.08. The Balaban J connectivity index is 3.45. The minimum atomic E-state index is -0.385. The van der Waals surface area contributed by atoms with E-state index in [9.17, 15) is 4.79 Å². The smallest absolute Gasteiger partial charge is 0.419 e. The molecule has 0 rings (SSSR count). The maximum absolute atomic E-state index is 10.0. The Morgan fingerprint density at radius 3 is 2.43 bits per heavy atom. The van der Waals surface area contributed by atoms with E-state index in [2.05, 4.69) is 13.8 Å². The molecule has 0 saturated heterocycles. The number of rotatable bonds is 10. The number of hydrogen-bond acceptors (Lipinski definition) is 3. The van der Waals surface area contributed by atoms with Crippen molar-refractivity contribution in [1.29, 1.82) is 0 Å². The highest BCUT2D eigenvalue weighted by Crippen LogP contribution is 2.07. The van der Waals surface area contributed by atoms with Gasteiger partial charge in [0.1, 0.15) is 0 Å². The van der Waals surface area contributed by atoms with Crippen LogP contribution in [0.15, 0.2) is 0 Å². The van der Waals surface area contributed by atoms with Crippen molar-refractivity contribution >= 4 is 6.47 Å². The molecular formula is C11H21O3. The lowest BCUT2D eigenvalue weighted by atomic mass is 10.2. The SMILES string of the molecule is CCCCCOC(CCCC)O[C]=O. The van der Waals surface area contributed by atoms with Gasteiger partial charge in [-0.25, -0.2) is 4.79 Å². The van der Waals surface area contributed by atoms with E-state index in [0.29, 0.717) is 6.61 Å². The molecule has 0 fully saturated rings. The van der Waals surface area contributed by atoms with Gasteiger partial charge in [-0.3, -0.25) is 0 Å². The third kappa shape index (κ3) is 8.05. The minimum Gasteiger partial charge on any atom is -0.427 e. The van der Waals surface area contributed by atoms with Gasteiger partial charge in [0.25, 0.3) is 0 Å². The Kier molecular flexibility index (Phi) is 10.1. The van der Waals surface area contributed by atoms with E-state index in [4.69, 9.17) is 9.47 Å². The van der Waals surface area contributed by atoms with Crippen LogP contribution in [0.3, 0.4) is 0 Å². The molecule has 83 valence electrons. The van der Waals surface area contributed by atoms with E-state index in [1.165, 1.54) is 12.9 Å². The maximum atomic E-state index is 10.0. The Hall–Kier alpha value is -0.570. The third-order valence-electron chi connectivity index (χ3n) is 2.02. The standard InChI is InChI=1S/C11H21O3/c1-3-5-7-9-13-11(14-10-12)8-6-4-2/h11H,3-9H2,1-2H3. The number of hydrogen-bond donors (Lipinski definition) is 0. The first kappa shape index (κ1) is 13.4. The topological polar surface area (TPSA) is 35.5 Å². The summed E-state index contributed by atoms with van der Waals surface area (Å²) in [6.45, 7) is 6.35. The lowest BCUT2D eigenvalue weighted by molar-refractivity contribution is -0.0951. The van der Waals surface area contributed by atoms with Crippen molar-refractivity contribution in [3.05, 3.63) is 0 Å². The molecule has 0 aromatic carbocycles. The van der Waals surface area contributed by atoms with E-state index in [1.54, 1.807) is 0 Å². The Morgan fingerprint density at radius 2 is 1.86 bits per heavy atom. The van der Waals surface area contributed by atoms with Crippen molar-refractivity contribution in [3.63, 3.8) is 0 Å². The summed E-state index contributed by atoms with van der Waals surface area (Å²) in [6.07, 6.45) is 5.84. The van der Waals surface area contributed by atoms with Crippen molar-refractivity contribution in [1.82, 2.24) is 0 Å². The molecule has 0 aliphatic heterocycles. The van der Waals surface area contributed by atoms with Gasteiger partial charge in [0.2, 0.25) is 6.29 Å². The predicted octanol–water partition coefficient (Wildman–Crippen LogP) is 2.79. The van der Waals surface area contributed by atoms with E-state index in [0.717, 1.165) is 32.1 Å². The summed E-state index contributed by atoms with van der Waals surface area (Å²) in [7, 11) is 0. The summed E-state index contributed by atoms with van der Waals surface area (Å²) in [6, 6.07) is 0. The van der Waals surface area contributed by atoms with E-state index < -0.39 is 0 Å². The molecule has 1 unspecified atom stereocenters. The second-order valence-corrected chi connectivity index (χ2v) is 3.35. The van der Waals surface area contributed by atoms with Crippen LogP contribution < -0.4 is 0 Å². The summed E-state index contributed by atoms with van der Waals surface area (Å²) in [5.74, 6) is 0. The number of carbonyl (C=O) groups excluding carboxylic acids is 1. The molecule has 0 aliphatic carbocycles. The quantitative estimate of drug-likeness (QED) is 0.403. The summed E-state index contributed by atoms with van der Waals surface area (Å²) in [5, 5.41) is 0. The molecule has 0 spiro atoms. The van der Waals surface area contributed by atoms with Gasteiger partial charge in [0.05, 0.1) is 6.61 Å². The van der Waals surface area contributed by atoms with Crippen LogP contribution in [0.1, 0.15) is 52.4 Å². The third-order valence-corrected chi connectivity index (χ3v) is 2.02. The normalized spacial score (nSPS) is 12.4. The van der Waals surface area contributed by atoms with Gasteiger partial charge in [-0.1, -0.05) is 33.1 Å². The molecule has 0 aliphatic rings. The average Bonchev–Trinajstić information content (AvgIpc) is 2.20. The molecule has 14 heavy (non-hydrogen) atoms. The zero-order valence-corrected chi connectivity index (χ0v) is 9.25. The van der Waals surface area contributed by atoms with Crippen molar-refractivity contribution < 1.29 is 14.3 Å². The van der Waals surface area contributed by atoms with E-state index in [1.807, 2.05) is 0 Å². The zero-order chi connectivity index (χ0) is 10.6. The summed E-state index contributed by atoms with van der Waals surface area (Å²) < 4.78 is 10.1. The van der Waals surface area contributed by atoms with Crippen molar-refractivity contribution in [3.8, 4) is 0 Å². The van der Waals surface area contributed by atoms with Gasteiger partial charge < -0.3 is 9.47 Å². The Labute approximate surface area is 86.8 Å². The molecule has 0 N–H and O–H groups in total. The van der Waals surface area contributed by atoms with Gasteiger partial charge >= 0.3 is 6.47 Å². The summed E-state index contributed by atoms with van der Waals surface area (Å²) >= 11 is 0. The van der Waals surface area contributed by atoms with Crippen LogP contribution in [0.25, 0.3) is 0 Å². The first-order chi connectivity index (χ1) is 6.85. The molecule has 0 bridgehead atoms. The molecule has 0 aromatic heterocycles. The van der Waals surface area contributed by atoms with Crippen LogP contribution in [0.2, 0.25) is 0 Å². The van der Waals surface area contributed by atoms with E-state index >= 15 is 0 Å². The van der Waals surface area contributed by atoms with Crippen molar-refractivity contribution in [2.75, 3.05) is 6.61 Å². The van der Waals surface area contributed by atoms with Crippen LogP contribution in [-0.2, 0) is 14.3 Å². The summed E-state index contributed by atoms with van der Waals surface area (Å²) in [4.78, 5) is 10.0. The Bertz CT molecular complexity index is 126. The molecule has 3 nitrogen and oxygen atoms in total. The molecule has 1 atom stereocenters. The predicted molar refractivity (Wildman–Crippen MR) is 55.6 cm³/mol. The van der Waals surface area contributed by atoms with Gasteiger partial charge in [0, 0.05) is 6.42 Å². The summed E-state index contributed by atoms with van der Waals surface area (Å²) in [5.41, 5.74) is 0. The lowest BCUT2D eigenvalue weighted by Gasteiger charge is -2.14. The Morgan fingerprint density at radius 1 is 1.14 bits per heavy atom. The molecular weight excluding hydrogens is 180 g/mol. The van der Waals surface area contributed by atoms with Crippen molar-refractivity contribution in [2.24, 2.45) is 0 Å². The van der Waals surface area contributed by atoms with Crippen LogP contribution in [-0.4, -0.2) is 19.4 Å². The highest BCUT2D eigenvalue weighted by molar-refractivity contribution is 5.38. The first-order valence-electron chi connectivity index (χ1n) is 5.49. The fraction of sp³-hybridized carbons (Fsp3) is 0.909. The molecule has 0 aromatic rings. The fourth-order valence-corrected chi connectivity index (χ4v) is 1.17. The maximum Gasteiger partial charge on any atom is 0.419 e. The molecule has 1 radical (unpaired) electrons. The second kappa shape index (κ2) is 10.5. The van der Waals surface area contributed by atoms with Crippen LogP contribution in [0.4, 0.5) is 0 Å². The minimum absolute atomic E-state index is 0.385. The van der Waals surface area contributed by atoms with Crippen molar-refractivity contribution in [2.45, 2.75) is 58.7 Å². The number of ether oxygens (including phenoxy) is 2. The monoisotopic (exact) mass is 201 g/mol. The van der Waals surface area contributed by atoms with Gasteiger partial charge in [-0.05, 0) is 12.8 Å². The van der Waals surface area contributed by atoms with Crippen LogP contribution >= 0.6 is 0 Å². The molecule has 0 heterocycles. The largest absolute Gasteiger partial charge is 0.427 e. The fourth-order valence-electron chi connectivity index (χ4n) is 1.17. The zero-order valence-electron chi connectivity index (χ0n) is 9.25. The first-order valence-corrected chi connectivity index (χ1v) is 5.49. The van der Waals surface area contributed by atoms with Crippen LogP contribution in [0.5, 0.6) is 0 Å². The lowest BCUT2D eigenvalue weighted by Crippen LogP contribution is -2.17. The molecule has 0 saturated carbocycles. The van der Waals surface area contributed by atoms with E-state index in [-0.39, 0.29) is 6.29 Å². The number of unbranched alkanes of at least 4 members (excludes halogenated alkanes) is 3. The van der Waals surface area contributed by atoms with Crippen LogP contribution in [0, 0.1) is 0 Å². The average molecular weight is 201 g/mol. The highest BCUT2D eigenvalue weighted by atomic mass is 16.7. The second-order valence-electron chi connectivity index (χ2n) is 3.35. The molecule has 0 amide bonds. The van der Waals surface area contributed by atoms with Gasteiger partial charge in [-0.2, -0.15) is 0 Å².